The number of hydrogen-bond acceptors (Lipinski definition) is 7. The molecule has 51 heavy (non-hydrogen) atoms. The van der Waals surface area contributed by atoms with Crippen LogP contribution in [0.1, 0.15) is 48.1 Å². The molecule has 1 aliphatic carbocycles. The van der Waals surface area contributed by atoms with Gasteiger partial charge in [-0.3, -0.25) is 19.2 Å². The van der Waals surface area contributed by atoms with Crippen molar-refractivity contribution < 1.29 is 33.8 Å². The molecule has 4 atom stereocenters. The Morgan fingerprint density at radius 2 is 1.55 bits per heavy atom. The molecule has 6 rings (SSSR count). The summed E-state index contributed by atoms with van der Waals surface area (Å²) in [7, 11) is 0. The van der Waals surface area contributed by atoms with Gasteiger partial charge >= 0.3 is 12.1 Å². The normalized spacial score (nSPS) is 16.6. The molecule has 0 bridgehead atoms. The lowest BCUT2D eigenvalue weighted by Gasteiger charge is -2.30. The number of aromatic amines is 1. The Balaban J connectivity index is 1.15. The first-order valence-electron chi connectivity index (χ1n) is 17.0. The van der Waals surface area contributed by atoms with Gasteiger partial charge in [-0.05, 0) is 47.6 Å². The minimum absolute atomic E-state index is 0.0451. The molecule has 1 aliphatic heterocycles. The minimum Gasteiger partial charge on any atom is -0.480 e. The van der Waals surface area contributed by atoms with E-state index in [1.54, 1.807) is 30.5 Å². The fraction of sp³-hybridized carbons (Fsp3) is 0.316. The van der Waals surface area contributed by atoms with Crippen LogP contribution in [0.4, 0.5) is 4.79 Å². The number of fused-ring (bicyclic) bond motifs is 3. The SMILES string of the molecule is C[C@H](NC(=O)[C@H](Cc1ccccc1)NC(=O)[C@@H]1CCCN1C(=O)[C@@H](Cc1c[nH]cn1)NC(=O)OCC1c2ccccc2-c2ccccc21)C(=O)O. The number of likely N-dealkylation sites (tertiary alicyclic amines) is 1. The maximum Gasteiger partial charge on any atom is 0.407 e. The molecular formula is C38H40N6O7. The number of amides is 4. The summed E-state index contributed by atoms with van der Waals surface area (Å²) < 4.78 is 5.75. The van der Waals surface area contributed by atoms with Crippen molar-refractivity contribution >= 4 is 29.8 Å². The van der Waals surface area contributed by atoms with Gasteiger partial charge in [0.05, 0.1) is 12.0 Å². The van der Waals surface area contributed by atoms with Crippen LogP contribution < -0.4 is 16.0 Å². The Kier molecular flexibility index (Phi) is 10.7. The number of rotatable bonds is 13. The number of carboxylic acid groups (broad SMARTS) is 1. The quantitative estimate of drug-likeness (QED) is 0.142. The molecule has 2 heterocycles. The van der Waals surface area contributed by atoms with E-state index in [9.17, 15) is 29.1 Å². The molecule has 0 saturated carbocycles. The number of ether oxygens (including phenoxy) is 1. The van der Waals surface area contributed by atoms with E-state index in [1.807, 2.05) is 54.6 Å². The number of aromatic nitrogens is 2. The van der Waals surface area contributed by atoms with Gasteiger partial charge in [0.1, 0.15) is 30.8 Å². The van der Waals surface area contributed by atoms with Crippen molar-refractivity contribution in [2.45, 2.75) is 62.7 Å². The molecule has 0 spiro atoms. The maximum atomic E-state index is 14.1. The highest BCUT2D eigenvalue weighted by molar-refractivity contribution is 5.95. The number of alkyl carbamates (subject to hydrolysis) is 1. The van der Waals surface area contributed by atoms with Crippen LogP contribution in [-0.4, -0.2) is 87.1 Å². The third-order valence-electron chi connectivity index (χ3n) is 9.39. The zero-order valence-electron chi connectivity index (χ0n) is 28.1. The molecular weight excluding hydrogens is 652 g/mol. The van der Waals surface area contributed by atoms with Crippen LogP contribution in [0.15, 0.2) is 91.4 Å². The first-order valence-corrected chi connectivity index (χ1v) is 17.0. The van der Waals surface area contributed by atoms with Gasteiger partial charge in [0, 0.05) is 31.5 Å². The number of carbonyl (C=O) groups excluding carboxylic acids is 4. The van der Waals surface area contributed by atoms with Gasteiger partial charge < -0.3 is 35.7 Å². The fourth-order valence-corrected chi connectivity index (χ4v) is 6.80. The summed E-state index contributed by atoms with van der Waals surface area (Å²) >= 11 is 0. The first-order chi connectivity index (χ1) is 24.7. The Morgan fingerprint density at radius 3 is 2.20 bits per heavy atom. The van der Waals surface area contributed by atoms with Crippen LogP contribution in [0.5, 0.6) is 0 Å². The largest absolute Gasteiger partial charge is 0.480 e. The summed E-state index contributed by atoms with van der Waals surface area (Å²) in [5.41, 5.74) is 5.57. The van der Waals surface area contributed by atoms with E-state index in [1.165, 1.54) is 18.2 Å². The molecule has 2 aliphatic rings. The number of nitrogens with one attached hydrogen (secondary N) is 4. The molecule has 13 nitrogen and oxygen atoms in total. The highest BCUT2D eigenvalue weighted by atomic mass is 16.5. The molecule has 1 saturated heterocycles. The van der Waals surface area contributed by atoms with Crippen molar-refractivity contribution in [2.75, 3.05) is 13.2 Å². The van der Waals surface area contributed by atoms with Crippen molar-refractivity contribution in [1.82, 2.24) is 30.8 Å². The molecule has 1 aromatic heterocycles. The lowest BCUT2D eigenvalue weighted by Crippen LogP contribution is -2.57. The molecule has 0 radical (unpaired) electrons. The number of H-pyrrole nitrogens is 1. The lowest BCUT2D eigenvalue weighted by molar-refractivity contribution is -0.142. The van der Waals surface area contributed by atoms with E-state index in [-0.39, 0.29) is 31.9 Å². The predicted octanol–water partition coefficient (Wildman–Crippen LogP) is 3.17. The second-order valence-corrected chi connectivity index (χ2v) is 12.8. The molecule has 0 unspecified atom stereocenters. The van der Waals surface area contributed by atoms with E-state index in [0.717, 1.165) is 27.8 Å². The Labute approximate surface area is 294 Å². The van der Waals surface area contributed by atoms with Crippen molar-refractivity contribution in [3.05, 3.63) is 114 Å². The van der Waals surface area contributed by atoms with Crippen LogP contribution in [0, 0.1) is 0 Å². The summed E-state index contributed by atoms with van der Waals surface area (Å²) in [5.74, 6) is -3.10. The summed E-state index contributed by atoms with van der Waals surface area (Å²) in [6.07, 6.45) is 3.33. The van der Waals surface area contributed by atoms with Crippen LogP contribution in [0.2, 0.25) is 0 Å². The first kappa shape index (κ1) is 34.9. The van der Waals surface area contributed by atoms with Crippen molar-refractivity contribution in [1.29, 1.82) is 0 Å². The number of carboxylic acids is 1. The summed E-state index contributed by atoms with van der Waals surface area (Å²) in [6.45, 7) is 1.65. The number of nitrogens with zero attached hydrogens (tertiary/aromatic N) is 2. The second kappa shape index (κ2) is 15.7. The van der Waals surface area contributed by atoms with E-state index >= 15 is 0 Å². The fourth-order valence-electron chi connectivity index (χ4n) is 6.80. The number of hydrogen-bond donors (Lipinski definition) is 5. The molecule has 264 valence electrons. The summed E-state index contributed by atoms with van der Waals surface area (Å²) in [6, 6.07) is 20.7. The smallest absolute Gasteiger partial charge is 0.407 e. The van der Waals surface area contributed by atoms with Gasteiger partial charge in [0.15, 0.2) is 0 Å². The van der Waals surface area contributed by atoms with Gasteiger partial charge in [-0.2, -0.15) is 0 Å². The second-order valence-electron chi connectivity index (χ2n) is 12.8. The Morgan fingerprint density at radius 1 is 0.882 bits per heavy atom. The molecule has 4 aromatic rings. The van der Waals surface area contributed by atoms with Gasteiger partial charge in [0.2, 0.25) is 17.7 Å². The third kappa shape index (κ3) is 8.09. The Hall–Kier alpha value is -5.98. The zero-order valence-corrected chi connectivity index (χ0v) is 28.1. The standard InChI is InChI=1S/C38H40N6O7/c1-23(37(48)49)41-34(45)31(18-24-10-3-2-4-11-24)42-35(46)33-16-9-17-44(33)36(47)32(19-25-20-39-22-40-25)43-38(50)51-21-30-28-14-7-5-12-26(28)27-13-6-8-15-29(27)30/h2-8,10-15,20,22-23,30-33H,9,16-19,21H2,1H3,(H,39,40)(H,41,45)(H,42,46)(H,43,50)(H,48,49)/t23-,31-,32+,33-/m0/s1. The van der Waals surface area contributed by atoms with Gasteiger partial charge in [-0.15, -0.1) is 0 Å². The lowest BCUT2D eigenvalue weighted by atomic mass is 9.98. The van der Waals surface area contributed by atoms with Crippen molar-refractivity contribution in [3.8, 4) is 11.1 Å². The van der Waals surface area contributed by atoms with Gasteiger partial charge in [-0.1, -0.05) is 78.9 Å². The van der Waals surface area contributed by atoms with Gasteiger partial charge in [0.25, 0.3) is 0 Å². The van der Waals surface area contributed by atoms with Crippen LogP contribution in [-0.2, 0) is 36.8 Å². The minimum atomic E-state index is -1.22. The highest BCUT2D eigenvalue weighted by Crippen LogP contribution is 2.44. The number of imidazole rings is 1. The Bertz CT molecular complexity index is 1840. The molecule has 13 heteroatoms. The van der Waals surface area contributed by atoms with Crippen LogP contribution in [0.3, 0.4) is 0 Å². The monoisotopic (exact) mass is 692 g/mol. The van der Waals surface area contributed by atoms with Crippen molar-refractivity contribution in [2.24, 2.45) is 0 Å². The third-order valence-corrected chi connectivity index (χ3v) is 9.39. The molecule has 5 N–H and O–H groups in total. The molecule has 1 fully saturated rings. The van der Waals surface area contributed by atoms with E-state index in [0.29, 0.717) is 18.5 Å². The number of carbonyl (C=O) groups is 5. The maximum absolute atomic E-state index is 14.1. The van der Waals surface area contributed by atoms with Crippen molar-refractivity contribution in [3.63, 3.8) is 0 Å². The topological polar surface area (TPSA) is 183 Å². The number of benzene rings is 3. The van der Waals surface area contributed by atoms with Crippen LogP contribution in [0.25, 0.3) is 11.1 Å². The van der Waals surface area contributed by atoms with E-state index in [2.05, 4.69) is 25.9 Å². The zero-order chi connectivity index (χ0) is 35.9. The van der Waals surface area contributed by atoms with E-state index in [4.69, 9.17) is 4.74 Å². The van der Waals surface area contributed by atoms with Gasteiger partial charge in [-0.25, -0.2) is 9.78 Å². The summed E-state index contributed by atoms with van der Waals surface area (Å²) in [4.78, 5) is 74.4. The molecule has 3 aromatic carbocycles. The highest BCUT2D eigenvalue weighted by Gasteiger charge is 2.40. The van der Waals surface area contributed by atoms with Crippen LogP contribution >= 0.6 is 0 Å². The van der Waals surface area contributed by atoms with E-state index < -0.39 is 54.0 Å². The molecule has 4 amide bonds. The predicted molar refractivity (Wildman–Crippen MR) is 186 cm³/mol. The average molecular weight is 693 g/mol. The average Bonchev–Trinajstić information content (AvgIpc) is 3.90. The number of aliphatic carboxylic acids is 1. The summed E-state index contributed by atoms with van der Waals surface area (Å²) in [5, 5.41) is 17.3.